The van der Waals surface area contributed by atoms with Crippen molar-refractivity contribution in [2.45, 2.75) is 11.8 Å². The van der Waals surface area contributed by atoms with Crippen LogP contribution in [-0.2, 0) is 19.7 Å². The van der Waals surface area contributed by atoms with Gasteiger partial charge in [-0.25, -0.2) is 9.69 Å². The van der Waals surface area contributed by atoms with Gasteiger partial charge < -0.3 is 4.18 Å². The number of nitrogens with one attached hydrogen (secondary N) is 1. The molecule has 0 bridgehead atoms. The summed E-state index contributed by atoms with van der Waals surface area (Å²) in [7, 11) is -4.15. The molecule has 1 fully saturated rings. The molecule has 0 aliphatic carbocycles. The Labute approximate surface area is 210 Å². The molecule has 0 spiro atoms. The van der Waals surface area contributed by atoms with Gasteiger partial charge >= 0.3 is 16.1 Å². The summed E-state index contributed by atoms with van der Waals surface area (Å²) in [6.45, 7) is 1.69. The Morgan fingerprint density at radius 3 is 2.31 bits per heavy atom. The normalized spacial score (nSPS) is 15.3. The second kappa shape index (κ2) is 9.53. The van der Waals surface area contributed by atoms with Crippen LogP contribution < -0.4 is 14.4 Å². The number of aryl methyl sites for hydroxylation is 1. The van der Waals surface area contributed by atoms with Crippen LogP contribution in [0.2, 0.25) is 10.0 Å². The summed E-state index contributed by atoms with van der Waals surface area (Å²) in [5.41, 5.74) is 0.782. The highest BCUT2D eigenvalue weighted by atomic mass is 35.5. The van der Waals surface area contributed by atoms with Gasteiger partial charge in [-0.2, -0.15) is 8.42 Å². The summed E-state index contributed by atoms with van der Waals surface area (Å²) in [6, 6.07) is 15.0. The van der Waals surface area contributed by atoms with Crippen molar-refractivity contribution in [3.8, 4) is 5.75 Å². The molecular weight excluding hydrogens is 515 g/mol. The highest BCUT2D eigenvalue weighted by molar-refractivity contribution is 7.87. The van der Waals surface area contributed by atoms with E-state index >= 15 is 0 Å². The summed E-state index contributed by atoms with van der Waals surface area (Å²) in [5, 5.41) is 2.81. The molecule has 1 heterocycles. The molecule has 3 aromatic carbocycles. The molecule has 1 N–H and O–H groups in total. The average molecular weight is 531 g/mol. The Hall–Kier alpha value is -3.66. The summed E-state index contributed by atoms with van der Waals surface area (Å²) >= 11 is 11.8. The first-order valence-electron chi connectivity index (χ1n) is 10.0. The number of barbiturate groups is 1. The van der Waals surface area contributed by atoms with E-state index in [1.165, 1.54) is 54.6 Å². The van der Waals surface area contributed by atoms with Crippen molar-refractivity contribution in [3.63, 3.8) is 0 Å². The quantitative estimate of drug-likeness (QED) is 0.290. The van der Waals surface area contributed by atoms with Gasteiger partial charge in [-0.3, -0.25) is 14.9 Å². The van der Waals surface area contributed by atoms with Crippen molar-refractivity contribution in [2.75, 3.05) is 4.90 Å². The summed E-state index contributed by atoms with van der Waals surface area (Å²) in [6.07, 6.45) is 1.23. The smallest absolute Gasteiger partial charge is 0.339 e. The molecule has 8 nitrogen and oxygen atoms in total. The maximum atomic E-state index is 13.1. The second-order valence-electron chi connectivity index (χ2n) is 7.45. The van der Waals surface area contributed by atoms with Gasteiger partial charge in [0, 0.05) is 10.0 Å². The van der Waals surface area contributed by atoms with E-state index in [9.17, 15) is 22.8 Å². The fourth-order valence-corrected chi connectivity index (χ4v) is 4.51. The van der Waals surface area contributed by atoms with Gasteiger partial charge in [0.25, 0.3) is 11.8 Å². The van der Waals surface area contributed by atoms with Crippen LogP contribution in [0.5, 0.6) is 5.75 Å². The molecular formula is C24H16Cl2N2O6S. The largest absolute Gasteiger partial charge is 0.379 e. The average Bonchev–Trinajstić information content (AvgIpc) is 2.79. The van der Waals surface area contributed by atoms with Crippen LogP contribution in [0.1, 0.15) is 11.1 Å². The molecule has 11 heteroatoms. The van der Waals surface area contributed by atoms with Crippen molar-refractivity contribution in [1.29, 1.82) is 0 Å². The number of amides is 4. The molecule has 3 aromatic rings. The van der Waals surface area contributed by atoms with Gasteiger partial charge in [0.2, 0.25) is 0 Å². The molecule has 35 heavy (non-hydrogen) atoms. The number of anilines is 1. The Morgan fingerprint density at radius 2 is 1.60 bits per heavy atom. The first kappa shape index (κ1) is 24.5. The predicted molar refractivity (Wildman–Crippen MR) is 131 cm³/mol. The van der Waals surface area contributed by atoms with Crippen molar-refractivity contribution in [1.82, 2.24) is 5.32 Å². The number of halogens is 2. The van der Waals surface area contributed by atoms with E-state index in [1.54, 1.807) is 25.1 Å². The number of urea groups is 1. The molecule has 178 valence electrons. The lowest BCUT2D eigenvalue weighted by Crippen LogP contribution is -2.54. The zero-order chi connectivity index (χ0) is 25.3. The monoisotopic (exact) mass is 530 g/mol. The first-order valence-corrected chi connectivity index (χ1v) is 12.2. The van der Waals surface area contributed by atoms with Crippen LogP contribution in [0.25, 0.3) is 6.08 Å². The molecule has 1 aliphatic heterocycles. The van der Waals surface area contributed by atoms with Crippen molar-refractivity contribution in [2.24, 2.45) is 0 Å². The van der Waals surface area contributed by atoms with Gasteiger partial charge in [0.1, 0.15) is 16.2 Å². The summed E-state index contributed by atoms with van der Waals surface area (Å²) < 4.78 is 30.3. The van der Waals surface area contributed by atoms with Gasteiger partial charge in [0.15, 0.2) is 0 Å². The Morgan fingerprint density at radius 1 is 0.914 bits per heavy atom. The summed E-state index contributed by atoms with van der Waals surface area (Å²) in [4.78, 5) is 38.8. The van der Waals surface area contributed by atoms with E-state index in [0.717, 1.165) is 4.90 Å². The maximum absolute atomic E-state index is 13.1. The van der Waals surface area contributed by atoms with Crippen molar-refractivity contribution in [3.05, 3.63) is 93.5 Å². The molecule has 1 aliphatic rings. The number of imide groups is 2. The first-order chi connectivity index (χ1) is 16.5. The Balaban J connectivity index is 1.66. The van der Waals surface area contributed by atoms with E-state index in [2.05, 4.69) is 5.32 Å². The number of carbonyl (C=O) groups is 3. The zero-order valence-electron chi connectivity index (χ0n) is 18.0. The molecule has 0 saturated carbocycles. The number of rotatable bonds is 5. The topological polar surface area (TPSA) is 110 Å². The number of nitrogens with zero attached hydrogens (tertiary/aromatic N) is 1. The van der Waals surface area contributed by atoms with Crippen LogP contribution in [0, 0.1) is 6.92 Å². The molecule has 0 atom stereocenters. The van der Waals surface area contributed by atoms with E-state index in [4.69, 9.17) is 27.4 Å². The molecule has 0 radical (unpaired) electrons. The van der Waals surface area contributed by atoms with Crippen LogP contribution in [-0.4, -0.2) is 26.3 Å². The number of hydrogen-bond donors (Lipinski definition) is 1. The van der Waals surface area contributed by atoms with Crippen molar-refractivity contribution < 1.29 is 27.0 Å². The van der Waals surface area contributed by atoms with Gasteiger partial charge in [0.05, 0.1) is 5.69 Å². The third kappa shape index (κ3) is 5.22. The van der Waals surface area contributed by atoms with Gasteiger partial charge in [-0.05, 0) is 72.7 Å². The maximum Gasteiger partial charge on any atom is 0.339 e. The fourth-order valence-electron chi connectivity index (χ4n) is 3.30. The van der Waals surface area contributed by atoms with E-state index < -0.39 is 28.0 Å². The number of benzene rings is 3. The standard InChI is InChI=1S/C24H16Cl2N2O6S/c1-14-5-6-17(26)13-21(14)28-23(30)20(22(29)27-24(28)31)12-15-3-2-4-18(11-15)34-35(32,33)19-9-7-16(25)8-10-19/h2-13H,1H3,(H,27,29,31)/b20-12-. The SMILES string of the molecule is Cc1ccc(Cl)cc1N1C(=O)NC(=O)/C(=C/c2cccc(OS(=O)(=O)c3ccc(Cl)cc3)c2)C1=O. The second-order valence-corrected chi connectivity index (χ2v) is 9.87. The number of carbonyl (C=O) groups excluding carboxylic acids is 3. The van der Waals surface area contributed by atoms with E-state index in [-0.39, 0.29) is 21.9 Å². The van der Waals surface area contributed by atoms with Crippen LogP contribution in [0.3, 0.4) is 0 Å². The highest BCUT2D eigenvalue weighted by Gasteiger charge is 2.37. The predicted octanol–water partition coefficient (Wildman–Crippen LogP) is 4.74. The van der Waals surface area contributed by atoms with Crippen molar-refractivity contribution >= 4 is 62.9 Å². The van der Waals surface area contributed by atoms with Gasteiger partial charge in [-0.15, -0.1) is 0 Å². The molecule has 0 aromatic heterocycles. The molecule has 1 saturated heterocycles. The Kier molecular flexibility index (Phi) is 6.66. The minimum Gasteiger partial charge on any atom is -0.379 e. The molecule has 4 rings (SSSR count). The molecule has 0 unspecified atom stereocenters. The zero-order valence-corrected chi connectivity index (χ0v) is 20.3. The Bertz CT molecular complexity index is 1500. The lowest BCUT2D eigenvalue weighted by molar-refractivity contribution is -0.122. The van der Waals surface area contributed by atoms with Gasteiger partial charge in [-0.1, -0.05) is 41.4 Å². The third-order valence-electron chi connectivity index (χ3n) is 4.99. The lowest BCUT2D eigenvalue weighted by Gasteiger charge is -2.27. The lowest BCUT2D eigenvalue weighted by atomic mass is 10.1. The highest BCUT2D eigenvalue weighted by Crippen LogP contribution is 2.29. The van der Waals surface area contributed by atoms with E-state index in [0.29, 0.717) is 21.2 Å². The van der Waals surface area contributed by atoms with Crippen LogP contribution in [0.15, 0.2) is 77.2 Å². The van der Waals surface area contributed by atoms with E-state index in [1.807, 2.05) is 0 Å². The molecule has 4 amide bonds. The number of hydrogen-bond acceptors (Lipinski definition) is 6. The fraction of sp³-hybridized carbons (Fsp3) is 0.0417. The minimum atomic E-state index is -4.15. The van der Waals surface area contributed by atoms with Crippen LogP contribution in [0.4, 0.5) is 10.5 Å². The minimum absolute atomic E-state index is 0.0448. The van der Waals surface area contributed by atoms with Crippen LogP contribution >= 0.6 is 23.2 Å². The summed E-state index contributed by atoms with van der Waals surface area (Å²) in [5.74, 6) is -1.79. The third-order valence-corrected chi connectivity index (χ3v) is 6.74.